The fraction of sp³-hybridized carbons (Fsp3) is 0.148. The van der Waals surface area contributed by atoms with Gasteiger partial charge in [-0.3, -0.25) is 0 Å². The number of anilines is 1. The summed E-state index contributed by atoms with van der Waals surface area (Å²) in [6.07, 6.45) is 2.08. The normalized spacial score (nSPS) is 15.0. The highest BCUT2D eigenvalue weighted by Crippen LogP contribution is 2.37. The van der Waals surface area contributed by atoms with E-state index in [9.17, 15) is 4.79 Å². The highest BCUT2D eigenvalue weighted by molar-refractivity contribution is 5.90. The topological polar surface area (TPSA) is 37.3 Å². The quantitative estimate of drug-likeness (QED) is 0.420. The van der Waals surface area contributed by atoms with Gasteiger partial charge in [-0.05, 0) is 60.9 Å². The number of amides is 2. The Kier molecular flexibility index (Phi) is 4.83. The van der Waals surface area contributed by atoms with Crippen molar-refractivity contribution in [2.24, 2.45) is 0 Å². The monoisotopic (exact) mass is 407 g/mol. The van der Waals surface area contributed by atoms with Crippen LogP contribution < -0.4 is 5.32 Å². The third-order valence-electron chi connectivity index (χ3n) is 5.89. The number of hydrogen-bond acceptors (Lipinski definition) is 1. The minimum absolute atomic E-state index is 0.111. The summed E-state index contributed by atoms with van der Waals surface area (Å²) in [5, 5.41) is 3.12. The van der Waals surface area contributed by atoms with Crippen LogP contribution in [0.25, 0.3) is 5.69 Å². The van der Waals surface area contributed by atoms with Gasteiger partial charge in [0.15, 0.2) is 0 Å². The van der Waals surface area contributed by atoms with Gasteiger partial charge in [-0.25, -0.2) is 4.79 Å². The maximum atomic E-state index is 13.6. The molecule has 4 heteroatoms. The summed E-state index contributed by atoms with van der Waals surface area (Å²) in [5.41, 5.74) is 7.53. The summed E-state index contributed by atoms with van der Waals surface area (Å²) in [6.45, 7) is 4.63. The van der Waals surface area contributed by atoms with Crippen molar-refractivity contribution in [2.75, 3.05) is 5.32 Å². The molecular weight excluding hydrogens is 382 g/mol. The molecule has 2 amide bonds. The van der Waals surface area contributed by atoms with E-state index in [2.05, 4.69) is 71.5 Å². The second kappa shape index (κ2) is 7.80. The van der Waals surface area contributed by atoms with Crippen LogP contribution in [0.3, 0.4) is 0 Å². The minimum atomic E-state index is -0.201. The summed E-state index contributed by atoms with van der Waals surface area (Å²) in [5.74, 6) is 0. The Morgan fingerprint density at radius 1 is 0.871 bits per heavy atom. The molecule has 4 nitrogen and oxygen atoms in total. The number of para-hydroxylation sites is 1. The fourth-order valence-corrected chi connectivity index (χ4v) is 4.36. The molecule has 154 valence electrons. The number of aromatic nitrogens is 1. The van der Waals surface area contributed by atoms with E-state index >= 15 is 0 Å². The number of urea groups is 1. The van der Waals surface area contributed by atoms with E-state index in [-0.39, 0.29) is 12.1 Å². The number of hydrogen-bond donors (Lipinski definition) is 1. The molecule has 0 aliphatic carbocycles. The van der Waals surface area contributed by atoms with Gasteiger partial charge in [-0.2, -0.15) is 0 Å². The molecule has 5 rings (SSSR count). The maximum Gasteiger partial charge on any atom is 0.322 e. The molecule has 2 heterocycles. The SMILES string of the molecule is Cc1ccc([C@H]2c3cccn3-c3ccccc3CN2C(=O)Nc2cccc(C)c2)cc1. The van der Waals surface area contributed by atoms with E-state index in [1.165, 1.54) is 5.56 Å². The van der Waals surface area contributed by atoms with Crippen LogP contribution in [0, 0.1) is 13.8 Å². The predicted molar refractivity (Wildman–Crippen MR) is 125 cm³/mol. The number of fused-ring (bicyclic) bond motifs is 3. The largest absolute Gasteiger partial charge is 0.322 e. The van der Waals surface area contributed by atoms with Crippen molar-refractivity contribution in [1.82, 2.24) is 9.47 Å². The standard InChI is InChI=1S/C27H25N3O/c1-19-12-14-21(15-13-19)26-25-11-6-16-29(25)24-10-4-3-8-22(24)18-30(26)27(31)28-23-9-5-7-20(2)17-23/h3-17,26H,18H2,1-2H3,(H,28,31)/t26-/m0/s1. The van der Waals surface area contributed by atoms with Crippen molar-refractivity contribution >= 4 is 11.7 Å². The molecule has 0 bridgehead atoms. The second-order valence-corrected chi connectivity index (χ2v) is 8.17. The van der Waals surface area contributed by atoms with Gasteiger partial charge in [0.25, 0.3) is 0 Å². The smallest absolute Gasteiger partial charge is 0.318 e. The van der Waals surface area contributed by atoms with E-state index in [0.717, 1.165) is 33.8 Å². The third-order valence-corrected chi connectivity index (χ3v) is 5.89. The van der Waals surface area contributed by atoms with Crippen molar-refractivity contribution in [1.29, 1.82) is 0 Å². The van der Waals surface area contributed by atoms with Crippen LogP contribution in [0.2, 0.25) is 0 Å². The molecule has 0 saturated carbocycles. The highest BCUT2D eigenvalue weighted by Gasteiger charge is 2.32. The van der Waals surface area contributed by atoms with Crippen LogP contribution in [-0.2, 0) is 6.54 Å². The van der Waals surface area contributed by atoms with E-state index in [4.69, 9.17) is 0 Å². The van der Waals surface area contributed by atoms with Crippen LogP contribution >= 0.6 is 0 Å². The van der Waals surface area contributed by atoms with E-state index in [1.807, 2.05) is 48.2 Å². The van der Waals surface area contributed by atoms with Crippen LogP contribution in [0.1, 0.15) is 34.0 Å². The first-order valence-electron chi connectivity index (χ1n) is 10.6. The number of benzene rings is 3. The zero-order chi connectivity index (χ0) is 21.4. The fourth-order valence-electron chi connectivity index (χ4n) is 4.36. The summed E-state index contributed by atoms with van der Waals surface area (Å²) in [7, 11) is 0. The van der Waals surface area contributed by atoms with Gasteiger partial charge in [0, 0.05) is 17.6 Å². The Morgan fingerprint density at radius 2 is 1.68 bits per heavy atom. The number of aryl methyl sites for hydroxylation is 2. The highest BCUT2D eigenvalue weighted by atomic mass is 16.2. The molecule has 0 unspecified atom stereocenters. The summed E-state index contributed by atoms with van der Waals surface area (Å²) >= 11 is 0. The lowest BCUT2D eigenvalue weighted by atomic mass is 10.0. The van der Waals surface area contributed by atoms with E-state index < -0.39 is 0 Å². The van der Waals surface area contributed by atoms with Crippen LogP contribution in [-0.4, -0.2) is 15.5 Å². The molecule has 1 aromatic heterocycles. The van der Waals surface area contributed by atoms with Gasteiger partial charge in [0.1, 0.15) is 0 Å². The summed E-state index contributed by atoms with van der Waals surface area (Å²) < 4.78 is 2.21. The van der Waals surface area contributed by atoms with Crippen molar-refractivity contribution in [3.63, 3.8) is 0 Å². The molecule has 1 aliphatic rings. The molecule has 3 aromatic carbocycles. The number of carbonyl (C=O) groups is 1. The van der Waals surface area contributed by atoms with Gasteiger partial charge < -0.3 is 14.8 Å². The van der Waals surface area contributed by atoms with Crippen molar-refractivity contribution in [3.8, 4) is 5.69 Å². The van der Waals surface area contributed by atoms with Gasteiger partial charge in [0.2, 0.25) is 0 Å². The first-order chi connectivity index (χ1) is 15.1. The lowest BCUT2D eigenvalue weighted by Gasteiger charge is -2.31. The molecule has 4 aromatic rings. The summed E-state index contributed by atoms with van der Waals surface area (Å²) in [4.78, 5) is 15.6. The maximum absolute atomic E-state index is 13.6. The van der Waals surface area contributed by atoms with Crippen LogP contribution in [0.15, 0.2) is 91.1 Å². The van der Waals surface area contributed by atoms with E-state index in [0.29, 0.717) is 6.54 Å². The molecule has 0 spiro atoms. The van der Waals surface area contributed by atoms with Gasteiger partial charge in [0.05, 0.1) is 18.3 Å². The first-order valence-corrected chi connectivity index (χ1v) is 10.6. The molecule has 1 N–H and O–H groups in total. The lowest BCUT2D eigenvalue weighted by molar-refractivity contribution is 0.194. The minimum Gasteiger partial charge on any atom is -0.318 e. The van der Waals surface area contributed by atoms with Gasteiger partial charge in [-0.15, -0.1) is 0 Å². The van der Waals surface area contributed by atoms with Crippen molar-refractivity contribution in [3.05, 3.63) is 119 Å². The molecule has 0 saturated heterocycles. The predicted octanol–water partition coefficient (Wildman–Crippen LogP) is 6.23. The third kappa shape index (κ3) is 3.61. The molecule has 0 radical (unpaired) electrons. The zero-order valence-corrected chi connectivity index (χ0v) is 17.7. The molecular formula is C27H25N3O. The molecule has 1 aliphatic heterocycles. The Labute approximate surface area is 182 Å². The second-order valence-electron chi connectivity index (χ2n) is 8.17. The first kappa shape index (κ1) is 19.2. The van der Waals surface area contributed by atoms with Crippen molar-refractivity contribution < 1.29 is 4.79 Å². The molecule has 31 heavy (non-hydrogen) atoms. The molecule has 1 atom stereocenters. The Bertz CT molecular complexity index is 1240. The Hall–Kier alpha value is -3.79. The van der Waals surface area contributed by atoms with Crippen molar-refractivity contribution in [2.45, 2.75) is 26.4 Å². The Morgan fingerprint density at radius 3 is 2.48 bits per heavy atom. The number of nitrogens with one attached hydrogen (secondary N) is 1. The zero-order valence-electron chi connectivity index (χ0n) is 17.7. The number of carbonyl (C=O) groups excluding carboxylic acids is 1. The average molecular weight is 408 g/mol. The molecule has 0 fully saturated rings. The van der Waals surface area contributed by atoms with E-state index in [1.54, 1.807) is 0 Å². The van der Waals surface area contributed by atoms with Crippen LogP contribution in [0.4, 0.5) is 10.5 Å². The lowest BCUT2D eigenvalue weighted by Crippen LogP contribution is -2.37. The number of rotatable bonds is 2. The Balaban J connectivity index is 1.63. The summed E-state index contributed by atoms with van der Waals surface area (Å²) in [6, 6.07) is 28.5. The van der Waals surface area contributed by atoms with Gasteiger partial charge >= 0.3 is 6.03 Å². The van der Waals surface area contributed by atoms with Gasteiger partial charge in [-0.1, -0.05) is 60.2 Å². The van der Waals surface area contributed by atoms with Crippen LogP contribution in [0.5, 0.6) is 0 Å². The average Bonchev–Trinajstić information content (AvgIpc) is 3.19. The number of nitrogens with zero attached hydrogens (tertiary/aromatic N) is 2.